The Bertz CT molecular complexity index is 449. The number of hydrogen-bond donors (Lipinski definition) is 0. The molecule has 1 heterocycles. The van der Waals surface area contributed by atoms with Crippen LogP contribution in [-0.4, -0.2) is 15.0 Å². The molecule has 0 radical (unpaired) electrons. The van der Waals surface area contributed by atoms with Crippen LogP contribution < -0.4 is 0 Å². The smallest absolute Gasteiger partial charge is 0.131 e. The fraction of sp³-hybridized carbons (Fsp3) is 0.893. The summed E-state index contributed by atoms with van der Waals surface area (Å²) in [5.41, 5.74) is 0. The van der Waals surface area contributed by atoms with Gasteiger partial charge in [-0.2, -0.15) is 0 Å². The molecule has 0 saturated carbocycles. The lowest BCUT2D eigenvalue weighted by Crippen LogP contribution is -1.94. The fourth-order valence-electron chi connectivity index (χ4n) is 4.46. The highest BCUT2D eigenvalue weighted by atomic mass is 15.0. The van der Waals surface area contributed by atoms with E-state index in [1.54, 1.807) is 12.7 Å². The van der Waals surface area contributed by atoms with Gasteiger partial charge in [0, 0.05) is 6.42 Å². The van der Waals surface area contributed by atoms with E-state index in [0.717, 1.165) is 12.2 Å². The van der Waals surface area contributed by atoms with Crippen LogP contribution in [0.5, 0.6) is 0 Å². The summed E-state index contributed by atoms with van der Waals surface area (Å²) in [5.74, 6) is 0.943. The molecule has 0 aliphatic carbocycles. The van der Waals surface area contributed by atoms with E-state index in [1.165, 1.54) is 148 Å². The summed E-state index contributed by atoms with van der Waals surface area (Å²) in [6.45, 7) is 2.30. The molecule has 0 bridgehead atoms. The van der Waals surface area contributed by atoms with Crippen LogP contribution in [0.3, 0.4) is 0 Å². The summed E-state index contributed by atoms with van der Waals surface area (Å²) < 4.78 is 0. The van der Waals surface area contributed by atoms with Crippen molar-refractivity contribution in [3.8, 4) is 0 Å². The molecular weight excluding hydrogens is 378 g/mol. The molecule has 1 aromatic heterocycles. The van der Waals surface area contributed by atoms with Crippen molar-refractivity contribution in [3.63, 3.8) is 0 Å². The standard InChI is InChI=1S/C28H53N3/c1-2-3-4-5-6-7-8-9-10-11-12-13-14-15-16-17-18-19-20-21-22-23-24-25-28-30-26-29-27-31-28/h26-27H,2-25H2,1H3. The largest absolute Gasteiger partial charge is 0.225 e. The van der Waals surface area contributed by atoms with E-state index in [1.807, 2.05) is 0 Å². The van der Waals surface area contributed by atoms with E-state index in [2.05, 4.69) is 21.9 Å². The monoisotopic (exact) mass is 431 g/mol. The number of aryl methyl sites for hydroxylation is 1. The summed E-state index contributed by atoms with van der Waals surface area (Å²) in [6, 6.07) is 0. The van der Waals surface area contributed by atoms with Gasteiger partial charge in [0.15, 0.2) is 0 Å². The van der Waals surface area contributed by atoms with Gasteiger partial charge in [-0.25, -0.2) is 15.0 Å². The quantitative estimate of drug-likeness (QED) is 0.153. The van der Waals surface area contributed by atoms with E-state index in [4.69, 9.17) is 0 Å². The zero-order valence-electron chi connectivity index (χ0n) is 21.0. The lowest BCUT2D eigenvalue weighted by atomic mass is 10.0. The Balaban J connectivity index is 1.65. The van der Waals surface area contributed by atoms with Gasteiger partial charge in [0.05, 0.1) is 0 Å². The summed E-state index contributed by atoms with van der Waals surface area (Å²) in [6.07, 6.45) is 37.2. The lowest BCUT2D eigenvalue weighted by Gasteiger charge is -2.04. The topological polar surface area (TPSA) is 38.7 Å². The first-order chi connectivity index (χ1) is 15.4. The molecular formula is C28H53N3. The zero-order valence-corrected chi connectivity index (χ0v) is 21.0. The molecule has 3 nitrogen and oxygen atoms in total. The van der Waals surface area contributed by atoms with E-state index < -0.39 is 0 Å². The van der Waals surface area contributed by atoms with Crippen LogP contribution in [0.1, 0.15) is 160 Å². The van der Waals surface area contributed by atoms with E-state index in [9.17, 15) is 0 Å². The van der Waals surface area contributed by atoms with Crippen molar-refractivity contribution in [2.75, 3.05) is 0 Å². The third-order valence-corrected chi connectivity index (χ3v) is 6.55. The number of aromatic nitrogens is 3. The normalized spacial score (nSPS) is 11.3. The minimum absolute atomic E-state index is 0.943. The van der Waals surface area contributed by atoms with Crippen molar-refractivity contribution in [2.24, 2.45) is 0 Å². The maximum absolute atomic E-state index is 4.18. The second kappa shape index (κ2) is 23.7. The van der Waals surface area contributed by atoms with Crippen LogP contribution in [-0.2, 0) is 6.42 Å². The number of nitrogens with zero attached hydrogens (tertiary/aromatic N) is 3. The Morgan fingerprint density at radius 1 is 0.419 bits per heavy atom. The first-order valence-electron chi connectivity index (χ1n) is 14.0. The lowest BCUT2D eigenvalue weighted by molar-refractivity contribution is 0.517. The van der Waals surface area contributed by atoms with Gasteiger partial charge in [-0.3, -0.25) is 0 Å². The first-order valence-corrected chi connectivity index (χ1v) is 14.0. The maximum atomic E-state index is 4.18. The third kappa shape index (κ3) is 20.7. The minimum atomic E-state index is 0.943. The molecule has 31 heavy (non-hydrogen) atoms. The Morgan fingerprint density at radius 2 is 0.710 bits per heavy atom. The highest BCUT2D eigenvalue weighted by Gasteiger charge is 1.97. The molecule has 0 spiro atoms. The molecule has 0 N–H and O–H groups in total. The Kier molecular flexibility index (Phi) is 21.4. The Labute approximate surface area is 194 Å². The summed E-state index contributed by atoms with van der Waals surface area (Å²) in [5, 5.41) is 0. The van der Waals surface area contributed by atoms with Crippen molar-refractivity contribution < 1.29 is 0 Å². The molecule has 0 aliphatic rings. The Hall–Kier alpha value is -0.990. The second-order valence-electron chi connectivity index (χ2n) is 9.58. The molecule has 0 aromatic carbocycles. The molecule has 1 rings (SSSR count). The van der Waals surface area contributed by atoms with Gasteiger partial charge in [-0.05, 0) is 6.42 Å². The van der Waals surface area contributed by atoms with Gasteiger partial charge in [0.25, 0.3) is 0 Å². The van der Waals surface area contributed by atoms with Gasteiger partial charge in [-0.15, -0.1) is 0 Å². The van der Waals surface area contributed by atoms with Crippen molar-refractivity contribution in [2.45, 2.75) is 161 Å². The van der Waals surface area contributed by atoms with E-state index >= 15 is 0 Å². The molecule has 1 aromatic rings. The predicted molar refractivity (Wildman–Crippen MR) is 135 cm³/mol. The van der Waals surface area contributed by atoms with Crippen LogP contribution in [0.15, 0.2) is 12.7 Å². The molecule has 0 fully saturated rings. The van der Waals surface area contributed by atoms with Crippen molar-refractivity contribution in [1.82, 2.24) is 15.0 Å². The molecule has 0 aliphatic heterocycles. The predicted octanol–water partition coefficient (Wildman–Crippen LogP) is 9.41. The molecule has 3 heteroatoms. The van der Waals surface area contributed by atoms with E-state index in [-0.39, 0.29) is 0 Å². The zero-order chi connectivity index (χ0) is 22.1. The van der Waals surface area contributed by atoms with E-state index in [0.29, 0.717) is 0 Å². The number of rotatable bonds is 24. The van der Waals surface area contributed by atoms with Crippen LogP contribution in [0.2, 0.25) is 0 Å². The van der Waals surface area contributed by atoms with Crippen LogP contribution in [0, 0.1) is 0 Å². The highest BCUT2D eigenvalue weighted by molar-refractivity contribution is 4.80. The Morgan fingerprint density at radius 3 is 1.03 bits per heavy atom. The number of unbranched alkanes of at least 4 members (excludes halogenated alkanes) is 22. The minimum Gasteiger partial charge on any atom is -0.225 e. The van der Waals surface area contributed by atoms with Gasteiger partial charge in [0.1, 0.15) is 18.5 Å². The van der Waals surface area contributed by atoms with Gasteiger partial charge in [0.2, 0.25) is 0 Å². The third-order valence-electron chi connectivity index (χ3n) is 6.55. The summed E-state index contributed by atoms with van der Waals surface area (Å²) >= 11 is 0. The SMILES string of the molecule is CCCCCCCCCCCCCCCCCCCCCCCCCc1ncncn1. The van der Waals surface area contributed by atoms with Crippen molar-refractivity contribution in [3.05, 3.63) is 18.5 Å². The highest BCUT2D eigenvalue weighted by Crippen LogP contribution is 2.15. The molecule has 0 saturated heterocycles. The fourth-order valence-corrected chi connectivity index (χ4v) is 4.46. The average molecular weight is 432 g/mol. The van der Waals surface area contributed by atoms with Crippen LogP contribution in [0.4, 0.5) is 0 Å². The second-order valence-corrected chi connectivity index (χ2v) is 9.58. The maximum Gasteiger partial charge on any atom is 0.131 e. The summed E-state index contributed by atoms with van der Waals surface area (Å²) in [7, 11) is 0. The molecule has 0 amide bonds. The van der Waals surface area contributed by atoms with Crippen LogP contribution >= 0.6 is 0 Å². The van der Waals surface area contributed by atoms with Crippen molar-refractivity contribution in [1.29, 1.82) is 0 Å². The van der Waals surface area contributed by atoms with Gasteiger partial charge < -0.3 is 0 Å². The molecule has 180 valence electrons. The van der Waals surface area contributed by atoms with Gasteiger partial charge >= 0.3 is 0 Å². The summed E-state index contributed by atoms with van der Waals surface area (Å²) in [4.78, 5) is 12.2. The average Bonchev–Trinajstić information content (AvgIpc) is 2.80. The first kappa shape index (κ1) is 28.0. The number of hydrogen-bond acceptors (Lipinski definition) is 3. The molecule has 0 unspecified atom stereocenters. The van der Waals surface area contributed by atoms with Gasteiger partial charge in [-0.1, -0.05) is 148 Å². The molecule has 0 atom stereocenters. The van der Waals surface area contributed by atoms with Crippen molar-refractivity contribution >= 4 is 0 Å². The van der Waals surface area contributed by atoms with Crippen LogP contribution in [0.25, 0.3) is 0 Å².